The van der Waals surface area contributed by atoms with Crippen LogP contribution >= 0.6 is 0 Å². The number of para-hydroxylation sites is 1. The molecule has 0 bridgehead atoms. The highest BCUT2D eigenvalue weighted by Crippen LogP contribution is 2.24. The average molecular weight is 257 g/mol. The van der Waals surface area contributed by atoms with Gasteiger partial charge in [0.05, 0.1) is 12.1 Å². The smallest absolute Gasteiger partial charge is 0.127 e. The number of hydrogen-bond donors (Lipinski definition) is 2. The van der Waals surface area contributed by atoms with Gasteiger partial charge in [-0.25, -0.2) is 0 Å². The fourth-order valence-electron chi connectivity index (χ4n) is 2.05. The second-order valence-corrected chi connectivity index (χ2v) is 4.49. The molecule has 2 aromatic rings. The van der Waals surface area contributed by atoms with Crippen molar-refractivity contribution in [3.05, 3.63) is 60.2 Å². The molecule has 0 aliphatic rings. The quantitative estimate of drug-likeness (QED) is 0.864. The molecule has 0 aliphatic heterocycles. The molecule has 100 valence electrons. The highest BCUT2D eigenvalue weighted by molar-refractivity contribution is 5.34. The lowest BCUT2D eigenvalue weighted by Gasteiger charge is -2.19. The van der Waals surface area contributed by atoms with Crippen molar-refractivity contribution in [3.63, 3.8) is 0 Å². The number of nitrogens with one attached hydrogen (secondary N) is 1. The van der Waals surface area contributed by atoms with Gasteiger partial charge in [0, 0.05) is 0 Å². The van der Waals surface area contributed by atoms with Gasteiger partial charge in [0.25, 0.3) is 0 Å². The molecule has 0 saturated heterocycles. The summed E-state index contributed by atoms with van der Waals surface area (Å²) >= 11 is 0. The maximum atomic E-state index is 9.68. The van der Waals surface area contributed by atoms with E-state index in [2.05, 4.69) is 5.32 Å². The first-order chi connectivity index (χ1) is 9.20. The SMILES string of the molecule is CNC(c1ccc(Oc2ccccc2)cc1)C(C)O. The molecule has 3 heteroatoms. The number of likely N-dealkylation sites (N-methyl/N-ethyl adjacent to an activating group) is 1. The highest BCUT2D eigenvalue weighted by Gasteiger charge is 2.14. The lowest BCUT2D eigenvalue weighted by atomic mass is 10.0. The summed E-state index contributed by atoms with van der Waals surface area (Å²) in [5.74, 6) is 1.60. The van der Waals surface area contributed by atoms with E-state index in [4.69, 9.17) is 4.74 Å². The van der Waals surface area contributed by atoms with Gasteiger partial charge in [-0.15, -0.1) is 0 Å². The molecule has 3 nitrogen and oxygen atoms in total. The molecule has 0 heterocycles. The van der Waals surface area contributed by atoms with Gasteiger partial charge < -0.3 is 15.2 Å². The van der Waals surface area contributed by atoms with Crippen LogP contribution in [0.15, 0.2) is 54.6 Å². The maximum Gasteiger partial charge on any atom is 0.127 e. The van der Waals surface area contributed by atoms with E-state index in [0.29, 0.717) is 0 Å². The number of hydrogen-bond acceptors (Lipinski definition) is 3. The monoisotopic (exact) mass is 257 g/mol. The van der Waals surface area contributed by atoms with Crippen LogP contribution in [0.3, 0.4) is 0 Å². The van der Waals surface area contributed by atoms with Crippen molar-refractivity contribution < 1.29 is 9.84 Å². The van der Waals surface area contributed by atoms with E-state index < -0.39 is 6.10 Å². The van der Waals surface area contributed by atoms with Crippen LogP contribution in [0.5, 0.6) is 11.5 Å². The Morgan fingerprint density at radius 1 is 0.947 bits per heavy atom. The third-order valence-corrected chi connectivity index (χ3v) is 3.01. The Bertz CT molecular complexity index is 494. The zero-order valence-corrected chi connectivity index (χ0v) is 11.2. The fourth-order valence-corrected chi connectivity index (χ4v) is 2.05. The molecule has 0 amide bonds. The van der Waals surface area contributed by atoms with Crippen molar-refractivity contribution in [2.45, 2.75) is 19.1 Å². The van der Waals surface area contributed by atoms with Gasteiger partial charge in [0.1, 0.15) is 11.5 Å². The molecule has 2 unspecified atom stereocenters. The lowest BCUT2D eigenvalue weighted by molar-refractivity contribution is 0.150. The molecule has 0 radical (unpaired) electrons. The van der Waals surface area contributed by atoms with E-state index in [-0.39, 0.29) is 6.04 Å². The Kier molecular flexibility index (Phi) is 4.55. The van der Waals surface area contributed by atoms with Crippen LogP contribution in [0.25, 0.3) is 0 Å². The zero-order chi connectivity index (χ0) is 13.7. The predicted molar refractivity (Wildman–Crippen MR) is 76.4 cm³/mol. The van der Waals surface area contributed by atoms with Crippen LogP contribution in [0.4, 0.5) is 0 Å². The molecule has 19 heavy (non-hydrogen) atoms. The van der Waals surface area contributed by atoms with E-state index in [9.17, 15) is 5.11 Å². The third-order valence-electron chi connectivity index (χ3n) is 3.01. The lowest BCUT2D eigenvalue weighted by Crippen LogP contribution is -2.26. The molecule has 0 aliphatic carbocycles. The molecule has 2 rings (SSSR count). The van der Waals surface area contributed by atoms with Gasteiger partial charge in [-0.05, 0) is 43.8 Å². The summed E-state index contributed by atoms with van der Waals surface area (Å²) < 4.78 is 5.72. The van der Waals surface area contributed by atoms with Gasteiger partial charge in [-0.1, -0.05) is 30.3 Å². The summed E-state index contributed by atoms with van der Waals surface area (Å²) in [7, 11) is 1.84. The van der Waals surface area contributed by atoms with Crippen molar-refractivity contribution in [2.24, 2.45) is 0 Å². The molecule has 2 aromatic carbocycles. The van der Waals surface area contributed by atoms with Crippen LogP contribution < -0.4 is 10.1 Å². The molecule has 2 N–H and O–H groups in total. The van der Waals surface area contributed by atoms with Crippen molar-refractivity contribution >= 4 is 0 Å². The summed E-state index contributed by atoms with van der Waals surface area (Å²) in [6, 6.07) is 17.4. The summed E-state index contributed by atoms with van der Waals surface area (Å²) in [4.78, 5) is 0. The number of aliphatic hydroxyl groups is 1. The normalized spacial score (nSPS) is 13.8. The van der Waals surface area contributed by atoms with Crippen molar-refractivity contribution in [1.82, 2.24) is 5.32 Å². The summed E-state index contributed by atoms with van der Waals surface area (Å²) in [5.41, 5.74) is 1.04. The first-order valence-corrected chi connectivity index (χ1v) is 6.39. The molecule has 0 saturated carbocycles. The Labute approximate surface area is 113 Å². The number of rotatable bonds is 5. The summed E-state index contributed by atoms with van der Waals surface area (Å²) in [5, 5.41) is 12.8. The summed E-state index contributed by atoms with van der Waals surface area (Å²) in [6.45, 7) is 1.77. The molecule has 0 spiro atoms. The topological polar surface area (TPSA) is 41.5 Å². The Hall–Kier alpha value is -1.84. The molecular formula is C16H19NO2. The van der Waals surface area contributed by atoms with Gasteiger partial charge in [-0.2, -0.15) is 0 Å². The van der Waals surface area contributed by atoms with Crippen molar-refractivity contribution in [3.8, 4) is 11.5 Å². The van der Waals surface area contributed by atoms with E-state index in [1.165, 1.54) is 0 Å². The second kappa shape index (κ2) is 6.36. The van der Waals surface area contributed by atoms with Crippen LogP contribution in [0.2, 0.25) is 0 Å². The molecule has 0 aromatic heterocycles. The number of benzene rings is 2. The first kappa shape index (κ1) is 13.6. The van der Waals surface area contributed by atoms with Crippen molar-refractivity contribution in [1.29, 1.82) is 0 Å². The minimum Gasteiger partial charge on any atom is -0.457 e. The highest BCUT2D eigenvalue weighted by atomic mass is 16.5. The summed E-state index contributed by atoms with van der Waals surface area (Å²) in [6.07, 6.45) is -0.439. The van der Waals surface area contributed by atoms with Gasteiger partial charge >= 0.3 is 0 Å². The van der Waals surface area contributed by atoms with Crippen LogP contribution in [-0.4, -0.2) is 18.3 Å². The molecule has 2 atom stereocenters. The minimum atomic E-state index is -0.439. The van der Waals surface area contributed by atoms with Gasteiger partial charge in [0.2, 0.25) is 0 Å². The number of aliphatic hydroxyl groups excluding tert-OH is 1. The average Bonchev–Trinajstić information content (AvgIpc) is 2.42. The van der Waals surface area contributed by atoms with Crippen LogP contribution in [-0.2, 0) is 0 Å². The molecule has 0 fully saturated rings. The largest absolute Gasteiger partial charge is 0.457 e. The van der Waals surface area contributed by atoms with Crippen molar-refractivity contribution in [2.75, 3.05) is 7.05 Å². The predicted octanol–water partition coefficient (Wildman–Crippen LogP) is 3.12. The Morgan fingerprint density at radius 2 is 1.53 bits per heavy atom. The van der Waals surface area contributed by atoms with Gasteiger partial charge in [-0.3, -0.25) is 0 Å². The third kappa shape index (κ3) is 3.56. The molecular weight excluding hydrogens is 238 g/mol. The van der Waals surface area contributed by atoms with E-state index in [0.717, 1.165) is 17.1 Å². The second-order valence-electron chi connectivity index (χ2n) is 4.49. The van der Waals surface area contributed by atoms with E-state index >= 15 is 0 Å². The fraction of sp³-hybridized carbons (Fsp3) is 0.250. The van der Waals surface area contributed by atoms with Crippen LogP contribution in [0, 0.1) is 0 Å². The van der Waals surface area contributed by atoms with E-state index in [1.54, 1.807) is 6.92 Å². The first-order valence-electron chi connectivity index (χ1n) is 6.39. The Balaban J connectivity index is 2.10. The maximum absolute atomic E-state index is 9.68. The Morgan fingerprint density at radius 3 is 2.05 bits per heavy atom. The minimum absolute atomic E-state index is 0.0641. The van der Waals surface area contributed by atoms with E-state index in [1.807, 2.05) is 61.6 Å². The van der Waals surface area contributed by atoms with Crippen LogP contribution in [0.1, 0.15) is 18.5 Å². The number of ether oxygens (including phenoxy) is 1. The standard InChI is InChI=1S/C16H19NO2/c1-12(18)16(17-2)13-8-10-15(11-9-13)19-14-6-4-3-5-7-14/h3-12,16-18H,1-2H3. The van der Waals surface area contributed by atoms with Gasteiger partial charge in [0.15, 0.2) is 0 Å². The zero-order valence-electron chi connectivity index (χ0n) is 11.2.